The first-order valence-electron chi connectivity index (χ1n) is 7.80. The molecule has 0 saturated heterocycles. The van der Waals surface area contributed by atoms with E-state index in [4.69, 9.17) is 0 Å². The van der Waals surface area contributed by atoms with Crippen molar-refractivity contribution in [2.45, 2.75) is 71.1 Å². The van der Waals surface area contributed by atoms with Crippen LogP contribution >= 0.6 is 0 Å². The maximum Gasteiger partial charge on any atom is -0.00411 e. The molecule has 0 nitrogen and oxygen atoms in total. The van der Waals surface area contributed by atoms with Gasteiger partial charge in [0.05, 0.1) is 0 Å². The van der Waals surface area contributed by atoms with Crippen LogP contribution in [0.4, 0.5) is 0 Å². The van der Waals surface area contributed by atoms with Crippen molar-refractivity contribution in [2.24, 2.45) is 5.92 Å². The van der Waals surface area contributed by atoms with E-state index in [9.17, 15) is 0 Å². The predicted octanol–water partition coefficient (Wildman–Crippen LogP) is 5.50. The quantitative estimate of drug-likeness (QED) is 0.620. The summed E-state index contributed by atoms with van der Waals surface area (Å²) in [6.45, 7) is 7.06. The van der Waals surface area contributed by atoms with Gasteiger partial charge in [-0.1, -0.05) is 57.9 Å². The molecule has 2 rings (SSSR count). The SMILES string of the molecule is CCCC1(CCC(C)CC)CCc2ccccc21. The van der Waals surface area contributed by atoms with Crippen LogP contribution in [0.5, 0.6) is 0 Å². The van der Waals surface area contributed by atoms with E-state index in [1.165, 1.54) is 44.9 Å². The summed E-state index contributed by atoms with van der Waals surface area (Å²) < 4.78 is 0. The number of hydrogen-bond donors (Lipinski definition) is 0. The zero-order chi connectivity index (χ0) is 13.0. The van der Waals surface area contributed by atoms with E-state index < -0.39 is 0 Å². The van der Waals surface area contributed by atoms with Crippen LogP contribution in [0.1, 0.15) is 70.4 Å². The van der Waals surface area contributed by atoms with Crippen molar-refractivity contribution < 1.29 is 0 Å². The molecule has 0 saturated carbocycles. The summed E-state index contributed by atoms with van der Waals surface area (Å²) in [5.41, 5.74) is 3.81. The third kappa shape index (κ3) is 2.63. The van der Waals surface area contributed by atoms with Gasteiger partial charge in [-0.3, -0.25) is 0 Å². The lowest BCUT2D eigenvalue weighted by Crippen LogP contribution is -2.23. The van der Waals surface area contributed by atoms with Crippen LogP contribution in [0.2, 0.25) is 0 Å². The van der Waals surface area contributed by atoms with Gasteiger partial charge >= 0.3 is 0 Å². The molecular weight excluding hydrogens is 216 g/mol. The van der Waals surface area contributed by atoms with Gasteiger partial charge in [0, 0.05) is 0 Å². The molecule has 1 aliphatic carbocycles. The lowest BCUT2D eigenvalue weighted by Gasteiger charge is -2.31. The Morgan fingerprint density at radius 1 is 1.17 bits per heavy atom. The third-order valence-corrected chi connectivity index (χ3v) is 5.00. The van der Waals surface area contributed by atoms with Crippen LogP contribution in [-0.4, -0.2) is 0 Å². The Balaban J connectivity index is 2.18. The summed E-state index contributed by atoms with van der Waals surface area (Å²) in [6, 6.07) is 9.18. The van der Waals surface area contributed by atoms with E-state index in [-0.39, 0.29) is 0 Å². The van der Waals surface area contributed by atoms with Gasteiger partial charge in [-0.2, -0.15) is 0 Å². The van der Waals surface area contributed by atoms with Gasteiger partial charge in [0.1, 0.15) is 0 Å². The highest BCUT2D eigenvalue weighted by molar-refractivity contribution is 5.39. The van der Waals surface area contributed by atoms with Crippen molar-refractivity contribution >= 4 is 0 Å². The van der Waals surface area contributed by atoms with Gasteiger partial charge in [-0.05, 0) is 54.6 Å². The van der Waals surface area contributed by atoms with Crippen molar-refractivity contribution in [1.29, 1.82) is 0 Å². The molecule has 0 aromatic heterocycles. The van der Waals surface area contributed by atoms with Crippen LogP contribution in [-0.2, 0) is 11.8 Å². The van der Waals surface area contributed by atoms with Crippen molar-refractivity contribution in [3.63, 3.8) is 0 Å². The molecule has 0 spiro atoms. The first kappa shape index (κ1) is 13.6. The number of fused-ring (bicyclic) bond motifs is 1. The fourth-order valence-corrected chi connectivity index (χ4v) is 3.61. The largest absolute Gasteiger partial charge is 0.0654 e. The molecule has 2 unspecified atom stereocenters. The maximum absolute atomic E-state index is 2.40. The van der Waals surface area contributed by atoms with Crippen molar-refractivity contribution in [3.8, 4) is 0 Å². The molecule has 1 aliphatic rings. The smallest absolute Gasteiger partial charge is 0.00411 e. The summed E-state index contributed by atoms with van der Waals surface area (Å²) in [6.07, 6.45) is 9.49. The van der Waals surface area contributed by atoms with Crippen LogP contribution < -0.4 is 0 Å². The maximum atomic E-state index is 2.40. The van der Waals surface area contributed by atoms with Gasteiger partial charge in [-0.15, -0.1) is 0 Å². The van der Waals surface area contributed by atoms with Crippen molar-refractivity contribution in [3.05, 3.63) is 35.4 Å². The van der Waals surface area contributed by atoms with Gasteiger partial charge in [0.2, 0.25) is 0 Å². The minimum atomic E-state index is 0.509. The average molecular weight is 244 g/mol. The number of aryl methyl sites for hydroxylation is 1. The molecule has 0 heteroatoms. The fraction of sp³-hybridized carbons (Fsp3) is 0.667. The number of rotatable bonds is 6. The Bertz CT molecular complexity index is 375. The molecular formula is C18H28. The molecule has 1 aromatic carbocycles. The highest BCUT2D eigenvalue weighted by Gasteiger charge is 2.37. The van der Waals surface area contributed by atoms with Gasteiger partial charge in [-0.25, -0.2) is 0 Å². The molecule has 1 aromatic rings. The Hall–Kier alpha value is -0.780. The highest BCUT2D eigenvalue weighted by atomic mass is 14.4. The van der Waals surface area contributed by atoms with Gasteiger partial charge in [0.25, 0.3) is 0 Å². The molecule has 100 valence electrons. The number of hydrogen-bond acceptors (Lipinski definition) is 0. The molecule has 0 fully saturated rings. The van der Waals surface area contributed by atoms with E-state index in [0.29, 0.717) is 5.41 Å². The standard InChI is InChI=1S/C18H28/c1-4-12-18(13-10-15(3)5-2)14-11-16-8-6-7-9-17(16)18/h6-9,15H,4-5,10-14H2,1-3H3. The summed E-state index contributed by atoms with van der Waals surface area (Å²) in [5, 5.41) is 0. The second kappa shape index (κ2) is 5.91. The van der Waals surface area contributed by atoms with Crippen LogP contribution in [0.3, 0.4) is 0 Å². The molecule has 0 N–H and O–H groups in total. The Morgan fingerprint density at radius 3 is 2.67 bits per heavy atom. The molecule has 18 heavy (non-hydrogen) atoms. The van der Waals surface area contributed by atoms with E-state index in [1.807, 2.05) is 0 Å². The van der Waals surface area contributed by atoms with Gasteiger partial charge < -0.3 is 0 Å². The van der Waals surface area contributed by atoms with Crippen LogP contribution in [0.15, 0.2) is 24.3 Å². The molecule has 0 heterocycles. The molecule has 2 atom stereocenters. The Morgan fingerprint density at radius 2 is 1.94 bits per heavy atom. The topological polar surface area (TPSA) is 0 Å². The van der Waals surface area contributed by atoms with E-state index in [1.54, 1.807) is 11.1 Å². The predicted molar refractivity (Wildman–Crippen MR) is 80.0 cm³/mol. The molecule has 0 aliphatic heterocycles. The second-order valence-corrected chi connectivity index (χ2v) is 6.24. The van der Waals surface area contributed by atoms with Crippen LogP contribution in [0.25, 0.3) is 0 Å². The van der Waals surface area contributed by atoms with Crippen LogP contribution in [0, 0.1) is 5.92 Å². The fourth-order valence-electron chi connectivity index (χ4n) is 3.61. The summed E-state index contributed by atoms with van der Waals surface area (Å²) in [5.74, 6) is 0.881. The summed E-state index contributed by atoms with van der Waals surface area (Å²) in [4.78, 5) is 0. The average Bonchev–Trinajstić information content (AvgIpc) is 2.76. The minimum Gasteiger partial charge on any atom is -0.0654 e. The zero-order valence-corrected chi connectivity index (χ0v) is 12.3. The lowest BCUT2D eigenvalue weighted by molar-refractivity contribution is 0.318. The third-order valence-electron chi connectivity index (χ3n) is 5.00. The van der Waals surface area contributed by atoms with E-state index in [0.717, 1.165) is 5.92 Å². The highest BCUT2D eigenvalue weighted by Crippen LogP contribution is 2.46. The minimum absolute atomic E-state index is 0.509. The molecule has 0 radical (unpaired) electrons. The summed E-state index contributed by atoms with van der Waals surface area (Å²) in [7, 11) is 0. The normalized spacial score (nSPS) is 23.9. The van der Waals surface area contributed by atoms with Gasteiger partial charge in [0.15, 0.2) is 0 Å². The Labute approximate surface area is 113 Å². The first-order valence-corrected chi connectivity index (χ1v) is 7.80. The van der Waals surface area contributed by atoms with E-state index >= 15 is 0 Å². The van der Waals surface area contributed by atoms with E-state index in [2.05, 4.69) is 45.0 Å². The monoisotopic (exact) mass is 244 g/mol. The zero-order valence-electron chi connectivity index (χ0n) is 12.3. The first-order chi connectivity index (χ1) is 8.72. The lowest BCUT2D eigenvalue weighted by atomic mass is 9.73. The summed E-state index contributed by atoms with van der Waals surface area (Å²) >= 11 is 0. The van der Waals surface area contributed by atoms with Crippen molar-refractivity contribution in [2.75, 3.05) is 0 Å². The second-order valence-electron chi connectivity index (χ2n) is 6.24. The van der Waals surface area contributed by atoms with Crippen molar-refractivity contribution in [1.82, 2.24) is 0 Å². The number of benzene rings is 1. The molecule has 0 amide bonds. The Kier molecular flexibility index (Phi) is 4.48. The molecule has 0 bridgehead atoms.